The van der Waals surface area contributed by atoms with Gasteiger partial charge in [0, 0.05) is 5.56 Å². The molecule has 0 spiro atoms. The number of benzene rings is 2. The Morgan fingerprint density at radius 3 is 2.65 bits per heavy atom. The van der Waals surface area contributed by atoms with Crippen LogP contribution in [0.15, 0.2) is 42.5 Å². The van der Waals surface area contributed by atoms with E-state index in [1.54, 1.807) is 17.4 Å². The molecule has 0 radical (unpaired) electrons. The fraction of sp³-hybridized carbons (Fsp3) is 0.118. The standard InChI is InChI=1S/C17H12FN3S2/c1-10-5-2-3-6-11(10)17-21-20-15(23-17)9-14-19-16-12(18)7-4-8-13(16)22-14/h2-8H,9H2,1H3. The number of thiazole rings is 1. The summed E-state index contributed by atoms with van der Waals surface area (Å²) in [4.78, 5) is 4.39. The van der Waals surface area contributed by atoms with Crippen LogP contribution in [-0.2, 0) is 6.42 Å². The number of fused-ring (bicyclic) bond motifs is 1. The molecule has 0 unspecified atom stereocenters. The molecule has 6 heteroatoms. The van der Waals surface area contributed by atoms with Crippen molar-refractivity contribution in [3.63, 3.8) is 0 Å². The molecule has 0 saturated carbocycles. The van der Waals surface area contributed by atoms with E-state index in [1.807, 2.05) is 24.3 Å². The second-order valence-corrected chi connectivity index (χ2v) is 7.36. The van der Waals surface area contributed by atoms with E-state index in [9.17, 15) is 4.39 Å². The SMILES string of the molecule is Cc1ccccc1-c1nnc(Cc2nc3c(F)cccc3s2)s1. The van der Waals surface area contributed by atoms with Crippen LogP contribution < -0.4 is 0 Å². The van der Waals surface area contributed by atoms with Gasteiger partial charge in [0.2, 0.25) is 0 Å². The van der Waals surface area contributed by atoms with Crippen molar-refractivity contribution >= 4 is 32.9 Å². The first kappa shape index (κ1) is 14.4. The van der Waals surface area contributed by atoms with Gasteiger partial charge in [0.1, 0.15) is 26.4 Å². The van der Waals surface area contributed by atoms with Gasteiger partial charge in [0.25, 0.3) is 0 Å². The second-order valence-electron chi connectivity index (χ2n) is 5.19. The van der Waals surface area contributed by atoms with Crippen molar-refractivity contribution < 1.29 is 4.39 Å². The van der Waals surface area contributed by atoms with Crippen LogP contribution in [-0.4, -0.2) is 15.2 Å². The van der Waals surface area contributed by atoms with Crippen LogP contribution in [0.25, 0.3) is 20.8 Å². The summed E-state index contributed by atoms with van der Waals surface area (Å²) >= 11 is 3.06. The van der Waals surface area contributed by atoms with E-state index in [1.165, 1.54) is 23.0 Å². The molecule has 0 fully saturated rings. The molecule has 0 saturated heterocycles. The monoisotopic (exact) mass is 341 g/mol. The maximum atomic E-state index is 13.7. The average Bonchev–Trinajstić information content (AvgIpc) is 3.16. The molecule has 4 aromatic rings. The summed E-state index contributed by atoms with van der Waals surface area (Å²) in [5, 5.41) is 11.2. The third-order valence-electron chi connectivity index (χ3n) is 3.56. The number of para-hydroxylation sites is 1. The molecule has 0 N–H and O–H groups in total. The van der Waals surface area contributed by atoms with Crippen molar-refractivity contribution in [2.75, 3.05) is 0 Å². The Morgan fingerprint density at radius 1 is 0.957 bits per heavy atom. The molecular weight excluding hydrogens is 329 g/mol. The van der Waals surface area contributed by atoms with Gasteiger partial charge in [-0.05, 0) is 24.6 Å². The van der Waals surface area contributed by atoms with Crippen LogP contribution in [0.2, 0.25) is 0 Å². The normalized spacial score (nSPS) is 11.2. The van der Waals surface area contributed by atoms with Gasteiger partial charge >= 0.3 is 0 Å². The van der Waals surface area contributed by atoms with Crippen LogP contribution in [0, 0.1) is 12.7 Å². The predicted molar refractivity (Wildman–Crippen MR) is 92.5 cm³/mol. The van der Waals surface area contributed by atoms with Crippen LogP contribution in [0.4, 0.5) is 4.39 Å². The van der Waals surface area contributed by atoms with Gasteiger partial charge in [-0.25, -0.2) is 9.37 Å². The van der Waals surface area contributed by atoms with Gasteiger partial charge in [-0.1, -0.05) is 41.7 Å². The molecule has 0 aliphatic carbocycles. The summed E-state index contributed by atoms with van der Waals surface area (Å²) in [5.74, 6) is -0.275. The highest BCUT2D eigenvalue weighted by Crippen LogP contribution is 2.30. The van der Waals surface area contributed by atoms with Gasteiger partial charge < -0.3 is 0 Å². The maximum Gasteiger partial charge on any atom is 0.150 e. The third-order valence-corrected chi connectivity index (χ3v) is 5.54. The zero-order valence-electron chi connectivity index (χ0n) is 12.3. The number of aryl methyl sites for hydroxylation is 1. The van der Waals surface area contributed by atoms with Crippen molar-refractivity contribution in [3.05, 3.63) is 63.9 Å². The Balaban J connectivity index is 1.64. The minimum Gasteiger partial charge on any atom is -0.238 e. The molecule has 2 heterocycles. The number of hydrogen-bond acceptors (Lipinski definition) is 5. The van der Waals surface area contributed by atoms with Gasteiger partial charge in [0.05, 0.1) is 11.1 Å². The first-order chi connectivity index (χ1) is 11.2. The number of nitrogens with zero attached hydrogens (tertiary/aromatic N) is 3. The number of hydrogen-bond donors (Lipinski definition) is 0. The minimum absolute atomic E-state index is 0.275. The van der Waals surface area contributed by atoms with Gasteiger partial charge in [-0.3, -0.25) is 0 Å². The molecular formula is C17H12FN3S2. The predicted octanol–water partition coefficient (Wildman–Crippen LogP) is 4.85. The molecule has 2 aromatic heterocycles. The molecule has 0 bridgehead atoms. The maximum absolute atomic E-state index is 13.7. The fourth-order valence-corrected chi connectivity index (χ4v) is 4.42. The molecule has 23 heavy (non-hydrogen) atoms. The molecule has 3 nitrogen and oxygen atoms in total. The van der Waals surface area contributed by atoms with Gasteiger partial charge in [-0.15, -0.1) is 21.5 Å². The highest BCUT2D eigenvalue weighted by Gasteiger charge is 2.13. The quantitative estimate of drug-likeness (QED) is 0.534. The van der Waals surface area contributed by atoms with Crippen LogP contribution in [0.1, 0.15) is 15.6 Å². The molecule has 0 aliphatic rings. The molecule has 0 atom stereocenters. The average molecular weight is 341 g/mol. The van der Waals surface area contributed by atoms with Crippen molar-refractivity contribution in [2.45, 2.75) is 13.3 Å². The van der Waals surface area contributed by atoms with Crippen LogP contribution in [0.3, 0.4) is 0 Å². The van der Waals surface area contributed by atoms with Crippen molar-refractivity contribution in [2.24, 2.45) is 0 Å². The fourth-order valence-electron chi connectivity index (χ4n) is 2.41. The molecule has 0 aliphatic heterocycles. The first-order valence-corrected chi connectivity index (χ1v) is 8.76. The van der Waals surface area contributed by atoms with Crippen molar-refractivity contribution in [1.82, 2.24) is 15.2 Å². The Bertz CT molecular complexity index is 990. The third kappa shape index (κ3) is 2.75. The van der Waals surface area contributed by atoms with E-state index in [0.29, 0.717) is 11.9 Å². The van der Waals surface area contributed by atoms with Crippen LogP contribution in [0.5, 0.6) is 0 Å². The van der Waals surface area contributed by atoms with Crippen LogP contribution >= 0.6 is 22.7 Å². The Hall–Kier alpha value is -2.18. The summed E-state index contributed by atoms with van der Waals surface area (Å²) < 4.78 is 14.6. The molecule has 4 rings (SSSR count). The van der Waals surface area contributed by atoms with Crippen molar-refractivity contribution in [1.29, 1.82) is 0 Å². The van der Waals surface area contributed by atoms with E-state index < -0.39 is 0 Å². The Labute approximate surface area is 140 Å². The molecule has 2 aromatic carbocycles. The zero-order valence-corrected chi connectivity index (χ0v) is 13.9. The minimum atomic E-state index is -0.275. The largest absolute Gasteiger partial charge is 0.238 e. The van der Waals surface area contributed by atoms with E-state index in [0.717, 1.165) is 25.3 Å². The number of halogens is 1. The first-order valence-electron chi connectivity index (χ1n) is 7.13. The lowest BCUT2D eigenvalue weighted by Crippen LogP contribution is -1.86. The second kappa shape index (κ2) is 5.79. The lowest BCUT2D eigenvalue weighted by Gasteiger charge is -1.98. The van der Waals surface area contributed by atoms with E-state index in [4.69, 9.17) is 0 Å². The van der Waals surface area contributed by atoms with E-state index in [2.05, 4.69) is 28.2 Å². The highest BCUT2D eigenvalue weighted by molar-refractivity contribution is 7.19. The summed E-state index contributed by atoms with van der Waals surface area (Å²) in [6.07, 6.45) is 0.586. The van der Waals surface area contributed by atoms with E-state index in [-0.39, 0.29) is 5.82 Å². The number of rotatable bonds is 3. The molecule has 114 valence electrons. The Kier molecular flexibility index (Phi) is 3.63. The summed E-state index contributed by atoms with van der Waals surface area (Å²) in [6, 6.07) is 13.2. The highest BCUT2D eigenvalue weighted by atomic mass is 32.1. The summed E-state index contributed by atoms with van der Waals surface area (Å²) in [5.41, 5.74) is 2.72. The zero-order chi connectivity index (χ0) is 15.8. The number of aromatic nitrogens is 3. The van der Waals surface area contributed by atoms with Gasteiger partial charge in [0.15, 0.2) is 0 Å². The van der Waals surface area contributed by atoms with E-state index >= 15 is 0 Å². The summed E-state index contributed by atoms with van der Waals surface area (Å²) in [6.45, 7) is 2.06. The van der Waals surface area contributed by atoms with Crippen molar-refractivity contribution in [3.8, 4) is 10.6 Å². The lowest BCUT2D eigenvalue weighted by molar-refractivity contribution is 0.637. The smallest absolute Gasteiger partial charge is 0.150 e. The Morgan fingerprint density at radius 2 is 1.83 bits per heavy atom. The summed E-state index contributed by atoms with van der Waals surface area (Å²) in [7, 11) is 0. The topological polar surface area (TPSA) is 38.7 Å². The lowest BCUT2D eigenvalue weighted by atomic mass is 10.1. The van der Waals surface area contributed by atoms with Gasteiger partial charge in [-0.2, -0.15) is 0 Å². The molecule has 0 amide bonds.